The van der Waals surface area contributed by atoms with Gasteiger partial charge in [0.2, 0.25) is 12.2 Å². The zero-order chi connectivity index (χ0) is 14.8. The van der Waals surface area contributed by atoms with Crippen LogP contribution in [0, 0.1) is 12.8 Å². The molecule has 0 radical (unpaired) electrons. The molecule has 5 heteroatoms. The number of para-hydroxylation sites is 1. The van der Waals surface area contributed by atoms with Gasteiger partial charge in [0, 0.05) is 13.0 Å². The lowest BCUT2D eigenvalue weighted by atomic mass is 10.3. The molecule has 1 atom stereocenters. The molecule has 21 heavy (non-hydrogen) atoms. The molecule has 1 saturated carbocycles. The van der Waals surface area contributed by atoms with Gasteiger partial charge >= 0.3 is 5.97 Å². The van der Waals surface area contributed by atoms with Crippen LogP contribution in [0.25, 0.3) is 5.69 Å². The minimum atomic E-state index is -0.628. The van der Waals surface area contributed by atoms with Crippen molar-refractivity contribution >= 4 is 5.97 Å². The average molecular weight is 286 g/mol. The predicted molar refractivity (Wildman–Crippen MR) is 77.2 cm³/mol. The van der Waals surface area contributed by atoms with Gasteiger partial charge < -0.3 is 9.47 Å². The number of hydrogen-bond donors (Lipinski definition) is 0. The summed E-state index contributed by atoms with van der Waals surface area (Å²) in [6.45, 7) is 3.62. The van der Waals surface area contributed by atoms with Gasteiger partial charge in [-0.3, -0.25) is 4.79 Å². The molecule has 0 bridgehead atoms. The number of esters is 1. The third kappa shape index (κ3) is 3.24. The third-order valence-electron chi connectivity index (χ3n) is 3.28. The highest BCUT2D eigenvalue weighted by molar-refractivity contribution is 5.74. The monoisotopic (exact) mass is 286 g/mol. The van der Waals surface area contributed by atoms with Gasteiger partial charge in [-0.05, 0) is 31.9 Å². The number of benzene rings is 1. The molecule has 110 valence electrons. The molecule has 1 aliphatic rings. The van der Waals surface area contributed by atoms with E-state index in [2.05, 4.69) is 5.10 Å². The maximum Gasteiger partial charge on any atom is 0.311 e. The topological polar surface area (TPSA) is 53.4 Å². The van der Waals surface area contributed by atoms with Gasteiger partial charge in [-0.25, -0.2) is 4.68 Å². The number of aryl methyl sites for hydroxylation is 1. The van der Waals surface area contributed by atoms with Crippen molar-refractivity contribution in [3.8, 4) is 11.6 Å². The molecule has 1 aromatic heterocycles. The predicted octanol–water partition coefficient (Wildman–Crippen LogP) is 2.86. The Balaban J connectivity index is 1.74. The normalized spacial score (nSPS) is 15.5. The molecule has 0 N–H and O–H groups in total. The molecule has 1 unspecified atom stereocenters. The molecular formula is C16H18N2O3. The van der Waals surface area contributed by atoms with Crippen LogP contribution >= 0.6 is 0 Å². The van der Waals surface area contributed by atoms with Gasteiger partial charge in [-0.1, -0.05) is 18.2 Å². The van der Waals surface area contributed by atoms with Gasteiger partial charge in [0.15, 0.2) is 0 Å². The summed E-state index contributed by atoms with van der Waals surface area (Å²) in [6, 6.07) is 11.5. The van der Waals surface area contributed by atoms with Crippen LogP contribution in [0.2, 0.25) is 0 Å². The van der Waals surface area contributed by atoms with Crippen LogP contribution < -0.4 is 4.74 Å². The Labute approximate surface area is 123 Å². The van der Waals surface area contributed by atoms with E-state index in [0.29, 0.717) is 5.88 Å². The molecule has 2 aromatic rings. The van der Waals surface area contributed by atoms with E-state index in [-0.39, 0.29) is 11.9 Å². The molecule has 1 fully saturated rings. The number of aromatic nitrogens is 2. The lowest BCUT2D eigenvalue weighted by Gasteiger charge is -2.16. The number of rotatable bonds is 5. The number of carbonyl (C=O) groups excluding carboxylic acids is 1. The molecule has 0 spiro atoms. The quantitative estimate of drug-likeness (QED) is 0.626. The minimum absolute atomic E-state index is 0.0665. The lowest BCUT2D eigenvalue weighted by Crippen LogP contribution is -2.22. The molecule has 3 rings (SSSR count). The standard InChI is InChI=1S/C16H18N2O3/c1-11-10-15(18(17-11)14-6-4-3-5-7-14)20-12(2)21-16(19)13-8-9-13/h3-7,10,12-13H,8-9H2,1-2H3. The Kier molecular flexibility index (Phi) is 3.64. The van der Waals surface area contributed by atoms with Crippen molar-refractivity contribution in [2.75, 3.05) is 0 Å². The van der Waals surface area contributed by atoms with E-state index in [1.807, 2.05) is 43.3 Å². The number of nitrogens with zero attached hydrogens (tertiary/aromatic N) is 2. The van der Waals surface area contributed by atoms with E-state index in [9.17, 15) is 4.79 Å². The fraction of sp³-hybridized carbons (Fsp3) is 0.375. The summed E-state index contributed by atoms with van der Waals surface area (Å²) in [5, 5.41) is 4.41. The van der Waals surface area contributed by atoms with Crippen molar-refractivity contribution in [1.29, 1.82) is 0 Å². The van der Waals surface area contributed by atoms with E-state index in [4.69, 9.17) is 9.47 Å². The van der Waals surface area contributed by atoms with Crippen LogP contribution in [0.15, 0.2) is 36.4 Å². The van der Waals surface area contributed by atoms with Gasteiger partial charge in [0.1, 0.15) is 0 Å². The van der Waals surface area contributed by atoms with Gasteiger partial charge in [-0.15, -0.1) is 0 Å². The molecule has 1 aliphatic carbocycles. The number of hydrogen-bond acceptors (Lipinski definition) is 4. The second kappa shape index (κ2) is 5.60. The van der Waals surface area contributed by atoms with E-state index in [1.54, 1.807) is 11.6 Å². The van der Waals surface area contributed by atoms with E-state index >= 15 is 0 Å². The van der Waals surface area contributed by atoms with Gasteiger partial charge in [0.05, 0.1) is 17.3 Å². The lowest BCUT2D eigenvalue weighted by molar-refractivity contribution is -0.163. The zero-order valence-electron chi connectivity index (χ0n) is 12.2. The largest absolute Gasteiger partial charge is 0.438 e. The first kappa shape index (κ1) is 13.7. The summed E-state index contributed by atoms with van der Waals surface area (Å²) in [5.41, 5.74) is 1.75. The van der Waals surface area contributed by atoms with E-state index in [0.717, 1.165) is 24.2 Å². The van der Waals surface area contributed by atoms with Crippen LogP contribution in [0.4, 0.5) is 0 Å². The molecule has 1 heterocycles. The first-order valence-corrected chi connectivity index (χ1v) is 7.13. The Morgan fingerprint density at radius 3 is 2.71 bits per heavy atom. The second-order valence-corrected chi connectivity index (χ2v) is 5.27. The van der Waals surface area contributed by atoms with Crippen LogP contribution in [-0.2, 0) is 9.53 Å². The van der Waals surface area contributed by atoms with Crippen LogP contribution in [-0.4, -0.2) is 22.0 Å². The summed E-state index contributed by atoms with van der Waals surface area (Å²) in [6.07, 6.45) is 1.22. The van der Waals surface area contributed by atoms with Crippen molar-refractivity contribution in [2.24, 2.45) is 5.92 Å². The first-order chi connectivity index (χ1) is 10.1. The van der Waals surface area contributed by atoms with Crippen LogP contribution in [0.1, 0.15) is 25.5 Å². The van der Waals surface area contributed by atoms with Crippen molar-refractivity contribution < 1.29 is 14.3 Å². The highest BCUT2D eigenvalue weighted by atomic mass is 16.7. The van der Waals surface area contributed by atoms with Crippen molar-refractivity contribution in [2.45, 2.75) is 33.0 Å². The van der Waals surface area contributed by atoms with Gasteiger partial charge in [-0.2, -0.15) is 5.10 Å². The Bertz CT molecular complexity index is 632. The second-order valence-electron chi connectivity index (χ2n) is 5.27. The fourth-order valence-electron chi connectivity index (χ4n) is 2.09. The molecule has 1 aromatic carbocycles. The zero-order valence-corrected chi connectivity index (χ0v) is 12.2. The summed E-state index contributed by atoms with van der Waals surface area (Å²) in [4.78, 5) is 11.6. The van der Waals surface area contributed by atoms with E-state index < -0.39 is 6.29 Å². The fourth-order valence-corrected chi connectivity index (χ4v) is 2.09. The van der Waals surface area contributed by atoms with Crippen LogP contribution in [0.5, 0.6) is 5.88 Å². The summed E-state index contributed by atoms with van der Waals surface area (Å²) < 4.78 is 12.7. The molecule has 0 amide bonds. The molecular weight excluding hydrogens is 268 g/mol. The van der Waals surface area contributed by atoms with Crippen molar-refractivity contribution in [3.63, 3.8) is 0 Å². The maximum absolute atomic E-state index is 11.6. The van der Waals surface area contributed by atoms with Crippen LogP contribution in [0.3, 0.4) is 0 Å². The van der Waals surface area contributed by atoms with Gasteiger partial charge in [0.25, 0.3) is 0 Å². The Morgan fingerprint density at radius 1 is 1.33 bits per heavy atom. The Hall–Kier alpha value is -2.30. The molecule has 0 saturated heterocycles. The highest BCUT2D eigenvalue weighted by Gasteiger charge is 2.32. The minimum Gasteiger partial charge on any atom is -0.438 e. The number of ether oxygens (including phenoxy) is 2. The Morgan fingerprint density at radius 2 is 2.05 bits per heavy atom. The van der Waals surface area contributed by atoms with Crippen molar-refractivity contribution in [1.82, 2.24) is 9.78 Å². The molecule has 0 aliphatic heterocycles. The third-order valence-corrected chi connectivity index (χ3v) is 3.28. The summed E-state index contributed by atoms with van der Waals surface area (Å²) >= 11 is 0. The smallest absolute Gasteiger partial charge is 0.311 e. The first-order valence-electron chi connectivity index (χ1n) is 7.13. The van der Waals surface area contributed by atoms with E-state index in [1.165, 1.54) is 0 Å². The highest BCUT2D eigenvalue weighted by Crippen LogP contribution is 2.30. The summed E-state index contributed by atoms with van der Waals surface area (Å²) in [5.74, 6) is 0.455. The molecule has 5 nitrogen and oxygen atoms in total. The van der Waals surface area contributed by atoms with Crippen molar-refractivity contribution in [3.05, 3.63) is 42.1 Å². The summed E-state index contributed by atoms with van der Waals surface area (Å²) in [7, 11) is 0. The maximum atomic E-state index is 11.6. The number of carbonyl (C=O) groups is 1. The average Bonchev–Trinajstić information content (AvgIpc) is 3.24. The SMILES string of the molecule is Cc1cc(OC(C)OC(=O)C2CC2)n(-c2ccccc2)n1.